The second-order valence-corrected chi connectivity index (χ2v) is 10.4. The Hall–Kier alpha value is -2.40. The first-order chi connectivity index (χ1) is 14.6. The van der Waals surface area contributed by atoms with Crippen molar-refractivity contribution in [2.24, 2.45) is 5.92 Å². The number of carbonyl (C=O) groups is 2. The second kappa shape index (κ2) is 8.27. The summed E-state index contributed by atoms with van der Waals surface area (Å²) in [5.74, 6) is -0.517. The Bertz CT molecular complexity index is 988. The Morgan fingerprint density at radius 3 is 2.74 bits per heavy atom. The number of cyclic esters (lactones) is 1. The monoisotopic (exact) mass is 454 g/mol. The maximum Gasteiger partial charge on any atom is 0.414 e. The van der Waals surface area contributed by atoms with E-state index in [4.69, 9.17) is 4.74 Å². The van der Waals surface area contributed by atoms with Gasteiger partial charge in [0.05, 0.1) is 30.7 Å². The minimum Gasteiger partial charge on any atom is -0.442 e. The van der Waals surface area contributed by atoms with E-state index in [0.717, 1.165) is 12.8 Å². The third kappa shape index (κ3) is 4.47. The number of piperidine rings is 1. The predicted octanol–water partition coefficient (Wildman–Crippen LogP) is 1.15. The van der Waals surface area contributed by atoms with Crippen LogP contribution in [0.4, 0.5) is 20.6 Å². The van der Waals surface area contributed by atoms with Gasteiger partial charge in [-0.1, -0.05) is 0 Å². The van der Waals surface area contributed by atoms with E-state index in [1.165, 1.54) is 24.1 Å². The number of nitrogens with one attached hydrogen (secondary N) is 1. The SMILES string of the molecule is CC(=O)NCC1CN(c2ccc(N3CC4CCCN(S(C)(=O)=O)C4C3)c(F)c2)C(=O)O1. The van der Waals surface area contributed by atoms with Crippen LogP contribution in [-0.2, 0) is 19.6 Å². The Morgan fingerprint density at radius 1 is 1.29 bits per heavy atom. The van der Waals surface area contributed by atoms with Gasteiger partial charge < -0.3 is 15.0 Å². The maximum atomic E-state index is 15.0. The number of hydrogen-bond donors (Lipinski definition) is 1. The van der Waals surface area contributed by atoms with Crippen molar-refractivity contribution in [3.8, 4) is 0 Å². The lowest BCUT2D eigenvalue weighted by atomic mass is 9.94. The molecule has 3 unspecified atom stereocenters. The minimum absolute atomic E-state index is 0.147. The number of benzene rings is 1. The first-order valence-corrected chi connectivity index (χ1v) is 12.2. The van der Waals surface area contributed by atoms with Crippen LogP contribution in [0.1, 0.15) is 19.8 Å². The van der Waals surface area contributed by atoms with E-state index in [2.05, 4.69) is 5.32 Å². The molecule has 3 saturated heterocycles. The number of hydrogen-bond acceptors (Lipinski definition) is 6. The van der Waals surface area contributed by atoms with Crippen molar-refractivity contribution >= 4 is 33.4 Å². The first-order valence-electron chi connectivity index (χ1n) is 10.4. The van der Waals surface area contributed by atoms with Gasteiger partial charge in [0.25, 0.3) is 0 Å². The third-order valence-electron chi connectivity index (χ3n) is 6.19. The summed E-state index contributed by atoms with van der Waals surface area (Å²) in [5, 5.41) is 2.61. The van der Waals surface area contributed by atoms with Gasteiger partial charge in [-0.3, -0.25) is 9.69 Å². The molecule has 0 spiro atoms. The molecule has 1 aromatic rings. The van der Waals surface area contributed by atoms with Crippen LogP contribution in [0.2, 0.25) is 0 Å². The summed E-state index contributed by atoms with van der Waals surface area (Å²) in [6, 6.07) is 4.44. The average Bonchev–Trinajstić information content (AvgIpc) is 3.28. The van der Waals surface area contributed by atoms with Crippen molar-refractivity contribution in [2.45, 2.75) is 31.9 Å². The average molecular weight is 455 g/mol. The van der Waals surface area contributed by atoms with Crippen LogP contribution in [0, 0.1) is 11.7 Å². The van der Waals surface area contributed by atoms with Crippen LogP contribution < -0.4 is 15.1 Å². The molecule has 31 heavy (non-hydrogen) atoms. The van der Waals surface area contributed by atoms with E-state index in [0.29, 0.717) is 31.0 Å². The third-order valence-corrected chi connectivity index (χ3v) is 7.50. The van der Waals surface area contributed by atoms with Gasteiger partial charge in [0.15, 0.2) is 0 Å². The molecule has 3 aliphatic heterocycles. The van der Waals surface area contributed by atoms with Gasteiger partial charge >= 0.3 is 6.09 Å². The van der Waals surface area contributed by atoms with Crippen LogP contribution in [0.3, 0.4) is 0 Å². The molecule has 0 radical (unpaired) electrons. The molecule has 3 atom stereocenters. The van der Waals surface area contributed by atoms with Crippen LogP contribution in [0.25, 0.3) is 0 Å². The molecular formula is C20H27FN4O5S. The lowest BCUT2D eigenvalue weighted by Gasteiger charge is -2.34. The zero-order chi connectivity index (χ0) is 22.3. The van der Waals surface area contributed by atoms with E-state index in [9.17, 15) is 18.0 Å². The molecule has 0 saturated carbocycles. The summed E-state index contributed by atoms with van der Waals surface area (Å²) in [5.41, 5.74) is 0.778. The number of carbonyl (C=O) groups excluding carboxylic acids is 2. The van der Waals surface area contributed by atoms with Crippen molar-refractivity contribution in [3.63, 3.8) is 0 Å². The van der Waals surface area contributed by atoms with Crippen LogP contribution in [0.15, 0.2) is 18.2 Å². The molecule has 3 heterocycles. The van der Waals surface area contributed by atoms with Crippen molar-refractivity contribution in [3.05, 3.63) is 24.0 Å². The molecule has 1 N–H and O–H groups in total. The smallest absolute Gasteiger partial charge is 0.414 e. The standard InChI is InChI=1S/C20H27FN4O5S/c1-13(26)22-9-16-11-24(20(27)30-16)15-5-6-18(17(21)8-15)23-10-14-4-3-7-25(19(14)12-23)31(2,28)29/h5-6,8,14,16,19H,3-4,7,9-12H2,1-2H3,(H,22,26). The van der Waals surface area contributed by atoms with Crippen LogP contribution in [0.5, 0.6) is 0 Å². The van der Waals surface area contributed by atoms with Crippen LogP contribution in [-0.4, -0.2) is 75.8 Å². The van der Waals surface area contributed by atoms with Gasteiger partial charge in [-0.15, -0.1) is 0 Å². The van der Waals surface area contributed by atoms with E-state index in [-0.39, 0.29) is 31.0 Å². The van der Waals surface area contributed by atoms with Gasteiger partial charge in [-0.2, -0.15) is 4.31 Å². The van der Waals surface area contributed by atoms with E-state index in [1.807, 2.05) is 4.90 Å². The maximum absolute atomic E-state index is 15.0. The number of rotatable bonds is 5. The van der Waals surface area contributed by atoms with Crippen molar-refractivity contribution in [1.29, 1.82) is 0 Å². The van der Waals surface area contributed by atoms with E-state index in [1.54, 1.807) is 16.4 Å². The molecule has 4 rings (SSSR count). The Labute approximate surface area is 181 Å². The molecule has 170 valence electrons. The molecule has 9 nitrogen and oxygen atoms in total. The lowest BCUT2D eigenvalue weighted by molar-refractivity contribution is -0.119. The highest BCUT2D eigenvalue weighted by Gasteiger charge is 2.43. The predicted molar refractivity (Wildman–Crippen MR) is 113 cm³/mol. The topological polar surface area (TPSA) is 99.3 Å². The number of fused-ring (bicyclic) bond motifs is 1. The summed E-state index contributed by atoms with van der Waals surface area (Å²) < 4.78 is 46.1. The largest absolute Gasteiger partial charge is 0.442 e. The number of sulfonamides is 1. The van der Waals surface area contributed by atoms with Gasteiger partial charge in [0, 0.05) is 32.6 Å². The fourth-order valence-corrected chi connectivity index (χ4v) is 5.96. The van der Waals surface area contributed by atoms with Crippen molar-refractivity contribution in [2.75, 3.05) is 48.8 Å². The Kier molecular flexibility index (Phi) is 5.82. The second-order valence-electron chi connectivity index (χ2n) is 8.44. The highest BCUT2D eigenvalue weighted by molar-refractivity contribution is 7.88. The lowest BCUT2D eigenvalue weighted by Crippen LogP contribution is -2.47. The fourth-order valence-electron chi connectivity index (χ4n) is 4.76. The minimum atomic E-state index is -3.31. The number of halogens is 1. The number of anilines is 2. The van der Waals surface area contributed by atoms with Crippen LogP contribution >= 0.6 is 0 Å². The van der Waals surface area contributed by atoms with E-state index >= 15 is 4.39 Å². The Balaban J connectivity index is 1.47. The molecule has 11 heteroatoms. The summed E-state index contributed by atoms with van der Waals surface area (Å²) in [6.45, 7) is 3.34. The molecular weight excluding hydrogens is 427 g/mol. The van der Waals surface area contributed by atoms with Crippen molar-refractivity contribution in [1.82, 2.24) is 9.62 Å². The van der Waals surface area contributed by atoms with Gasteiger partial charge in [-0.05, 0) is 37.0 Å². The quantitative estimate of drug-likeness (QED) is 0.717. The normalized spacial score (nSPS) is 26.7. The summed E-state index contributed by atoms with van der Waals surface area (Å²) in [7, 11) is -3.31. The molecule has 1 aromatic carbocycles. The highest BCUT2D eigenvalue weighted by atomic mass is 32.2. The van der Waals surface area contributed by atoms with Gasteiger partial charge in [0.1, 0.15) is 11.9 Å². The molecule has 3 aliphatic rings. The zero-order valence-corrected chi connectivity index (χ0v) is 18.4. The summed E-state index contributed by atoms with van der Waals surface area (Å²) >= 11 is 0. The molecule has 0 aliphatic carbocycles. The molecule has 2 amide bonds. The first kappa shape index (κ1) is 21.8. The van der Waals surface area contributed by atoms with Gasteiger partial charge in [0.2, 0.25) is 15.9 Å². The molecule has 3 fully saturated rings. The number of amides is 2. The fraction of sp³-hybridized carbons (Fsp3) is 0.600. The Morgan fingerprint density at radius 2 is 2.06 bits per heavy atom. The molecule has 0 bridgehead atoms. The number of nitrogens with zero attached hydrogens (tertiary/aromatic N) is 3. The molecule has 0 aromatic heterocycles. The highest BCUT2D eigenvalue weighted by Crippen LogP contribution is 2.36. The van der Waals surface area contributed by atoms with E-state index < -0.39 is 28.0 Å². The zero-order valence-electron chi connectivity index (χ0n) is 17.6. The summed E-state index contributed by atoms with van der Waals surface area (Å²) in [6.07, 6.45) is 1.87. The summed E-state index contributed by atoms with van der Waals surface area (Å²) in [4.78, 5) is 26.5. The number of ether oxygens (including phenoxy) is 1. The van der Waals surface area contributed by atoms with Crippen molar-refractivity contribution < 1.29 is 27.1 Å². The van der Waals surface area contributed by atoms with Gasteiger partial charge in [-0.25, -0.2) is 17.6 Å².